The predicted octanol–water partition coefficient (Wildman–Crippen LogP) is 4.29. The zero-order chi connectivity index (χ0) is 22.6. The number of rotatable bonds is 8. The summed E-state index contributed by atoms with van der Waals surface area (Å²) in [4.78, 5) is 11.1. The third-order valence-electron chi connectivity index (χ3n) is 4.34. The van der Waals surface area contributed by atoms with E-state index in [1.807, 2.05) is 0 Å². The lowest BCUT2D eigenvalue weighted by atomic mass is 10.1. The molecule has 0 aliphatic heterocycles. The average Bonchev–Trinajstić information content (AvgIpc) is 3.17. The maximum Gasteiger partial charge on any atom is 0.416 e. The second-order valence-corrected chi connectivity index (χ2v) is 7.24. The third-order valence-corrected chi connectivity index (χ3v) is 4.34. The Morgan fingerprint density at radius 2 is 1.68 bits per heavy atom. The van der Waals surface area contributed by atoms with Crippen molar-refractivity contribution < 1.29 is 32.2 Å². The van der Waals surface area contributed by atoms with Gasteiger partial charge in [0.2, 0.25) is 11.8 Å². The summed E-state index contributed by atoms with van der Waals surface area (Å²) in [6, 6.07) is 11.4. The molecule has 31 heavy (non-hydrogen) atoms. The van der Waals surface area contributed by atoms with Crippen LogP contribution in [0.5, 0.6) is 5.75 Å². The van der Waals surface area contributed by atoms with E-state index in [1.165, 1.54) is 26.0 Å². The molecule has 3 aromatic rings. The van der Waals surface area contributed by atoms with E-state index in [2.05, 4.69) is 15.5 Å². The van der Waals surface area contributed by atoms with Gasteiger partial charge in [-0.05, 0) is 55.8 Å². The number of carbonyl (C=O) groups is 1. The lowest BCUT2D eigenvalue weighted by molar-refractivity contribution is -0.152. The highest BCUT2D eigenvalue weighted by Crippen LogP contribution is 2.30. The van der Waals surface area contributed by atoms with Gasteiger partial charge in [-0.3, -0.25) is 0 Å². The Morgan fingerprint density at radius 3 is 2.26 bits per heavy atom. The van der Waals surface area contributed by atoms with Gasteiger partial charge in [0.25, 0.3) is 0 Å². The van der Waals surface area contributed by atoms with Crippen molar-refractivity contribution in [2.45, 2.75) is 38.7 Å². The molecule has 0 fully saturated rings. The minimum absolute atomic E-state index is 0.132. The van der Waals surface area contributed by atoms with Crippen LogP contribution in [-0.2, 0) is 24.1 Å². The SMILES string of the molecule is CC(C)(Oc1ccc(CNCc2nnc(-c3ccc(C(F)(F)F)cc3)o2)cc1)C(=O)O. The van der Waals surface area contributed by atoms with Crippen molar-refractivity contribution in [1.29, 1.82) is 0 Å². The molecule has 0 saturated heterocycles. The van der Waals surface area contributed by atoms with E-state index in [1.54, 1.807) is 24.3 Å². The van der Waals surface area contributed by atoms with Crippen LogP contribution in [-0.4, -0.2) is 26.9 Å². The van der Waals surface area contributed by atoms with E-state index in [4.69, 9.17) is 14.3 Å². The molecule has 0 aliphatic carbocycles. The second kappa shape index (κ2) is 8.76. The molecule has 0 unspecified atom stereocenters. The van der Waals surface area contributed by atoms with Crippen LogP contribution in [0.25, 0.3) is 11.5 Å². The molecule has 2 N–H and O–H groups in total. The number of carboxylic acid groups (broad SMARTS) is 1. The zero-order valence-corrected chi connectivity index (χ0v) is 16.7. The molecule has 3 rings (SSSR count). The van der Waals surface area contributed by atoms with Gasteiger partial charge >= 0.3 is 12.1 Å². The van der Waals surface area contributed by atoms with Gasteiger partial charge in [0, 0.05) is 12.1 Å². The van der Waals surface area contributed by atoms with E-state index >= 15 is 0 Å². The number of halogens is 3. The monoisotopic (exact) mass is 435 g/mol. The summed E-state index contributed by atoms with van der Waals surface area (Å²) in [5.41, 5.74) is -0.766. The van der Waals surface area contributed by atoms with Crippen LogP contribution in [0.4, 0.5) is 13.2 Å². The first kappa shape index (κ1) is 22.3. The number of benzene rings is 2. The maximum atomic E-state index is 12.6. The Morgan fingerprint density at radius 1 is 1.03 bits per heavy atom. The predicted molar refractivity (Wildman–Crippen MR) is 104 cm³/mol. The Kier molecular flexibility index (Phi) is 6.30. The minimum Gasteiger partial charge on any atom is -0.478 e. The van der Waals surface area contributed by atoms with Crippen LogP contribution in [0.3, 0.4) is 0 Å². The molecule has 164 valence electrons. The summed E-state index contributed by atoms with van der Waals surface area (Å²) in [5.74, 6) is -0.200. The van der Waals surface area contributed by atoms with Crippen molar-refractivity contribution in [1.82, 2.24) is 15.5 Å². The quantitative estimate of drug-likeness (QED) is 0.545. The van der Waals surface area contributed by atoms with Gasteiger partial charge in [0.05, 0.1) is 12.1 Å². The van der Waals surface area contributed by atoms with Crippen molar-refractivity contribution >= 4 is 5.97 Å². The first-order valence-electron chi connectivity index (χ1n) is 9.27. The molecule has 0 radical (unpaired) electrons. The number of alkyl halides is 3. The Hall–Kier alpha value is -3.40. The van der Waals surface area contributed by atoms with Crippen LogP contribution in [0, 0.1) is 0 Å². The fourth-order valence-corrected chi connectivity index (χ4v) is 2.57. The molecule has 0 saturated carbocycles. The topological polar surface area (TPSA) is 97.5 Å². The zero-order valence-electron chi connectivity index (χ0n) is 16.7. The second-order valence-electron chi connectivity index (χ2n) is 7.24. The van der Waals surface area contributed by atoms with Gasteiger partial charge in [-0.2, -0.15) is 13.2 Å². The molecule has 0 bridgehead atoms. The molecule has 0 aliphatic rings. The van der Waals surface area contributed by atoms with Crippen molar-refractivity contribution in [2.75, 3.05) is 0 Å². The summed E-state index contributed by atoms with van der Waals surface area (Å²) in [5, 5.41) is 20.0. The van der Waals surface area contributed by atoms with Gasteiger partial charge in [0.15, 0.2) is 5.60 Å². The molecule has 0 atom stereocenters. The van der Waals surface area contributed by atoms with Gasteiger partial charge in [-0.25, -0.2) is 4.79 Å². The number of ether oxygens (including phenoxy) is 1. The number of hydrogen-bond acceptors (Lipinski definition) is 6. The number of hydrogen-bond donors (Lipinski definition) is 2. The Balaban J connectivity index is 1.53. The van der Waals surface area contributed by atoms with Crippen molar-refractivity contribution in [3.63, 3.8) is 0 Å². The van der Waals surface area contributed by atoms with Crippen LogP contribution in [0.1, 0.15) is 30.9 Å². The van der Waals surface area contributed by atoms with Crippen molar-refractivity contribution in [2.24, 2.45) is 0 Å². The maximum absolute atomic E-state index is 12.6. The van der Waals surface area contributed by atoms with Gasteiger partial charge in [0.1, 0.15) is 5.75 Å². The largest absolute Gasteiger partial charge is 0.478 e. The van der Waals surface area contributed by atoms with Gasteiger partial charge in [-0.15, -0.1) is 10.2 Å². The summed E-state index contributed by atoms with van der Waals surface area (Å²) in [7, 11) is 0. The first-order valence-corrected chi connectivity index (χ1v) is 9.27. The first-order chi connectivity index (χ1) is 14.5. The highest BCUT2D eigenvalue weighted by molar-refractivity contribution is 5.76. The number of nitrogens with one attached hydrogen (secondary N) is 1. The Labute approximate surface area is 175 Å². The molecule has 1 aromatic heterocycles. The van der Waals surface area contributed by atoms with Crippen LogP contribution in [0.2, 0.25) is 0 Å². The van der Waals surface area contributed by atoms with Gasteiger partial charge < -0.3 is 19.6 Å². The fourth-order valence-electron chi connectivity index (χ4n) is 2.57. The van der Waals surface area contributed by atoms with E-state index in [9.17, 15) is 18.0 Å². The molecule has 2 aromatic carbocycles. The average molecular weight is 435 g/mol. The normalized spacial score (nSPS) is 12.0. The lowest BCUT2D eigenvalue weighted by Crippen LogP contribution is -2.37. The van der Waals surface area contributed by atoms with E-state index < -0.39 is 23.3 Å². The van der Waals surface area contributed by atoms with Crippen molar-refractivity contribution in [3.05, 3.63) is 65.5 Å². The molecule has 0 amide bonds. The molecular weight excluding hydrogens is 415 g/mol. The Bertz CT molecular complexity index is 1030. The number of nitrogens with zero attached hydrogens (tertiary/aromatic N) is 2. The molecular formula is C21H20F3N3O4. The smallest absolute Gasteiger partial charge is 0.416 e. The van der Waals surface area contributed by atoms with Crippen LogP contribution in [0.15, 0.2) is 52.9 Å². The molecule has 0 spiro atoms. The molecule has 7 nitrogen and oxygen atoms in total. The van der Waals surface area contributed by atoms with E-state index in [0.717, 1.165) is 17.7 Å². The number of aromatic nitrogens is 2. The van der Waals surface area contributed by atoms with Gasteiger partial charge in [-0.1, -0.05) is 12.1 Å². The van der Waals surface area contributed by atoms with Crippen molar-refractivity contribution in [3.8, 4) is 17.2 Å². The highest BCUT2D eigenvalue weighted by Gasteiger charge is 2.30. The fraction of sp³-hybridized carbons (Fsp3) is 0.286. The standard InChI is InChI=1S/C21H20F3N3O4/c1-20(2,19(28)29)31-16-9-3-13(4-10-16)11-25-12-17-26-27-18(30-17)14-5-7-15(8-6-14)21(22,23)24/h3-10,25H,11-12H2,1-2H3,(H,28,29). The van der Waals surface area contributed by atoms with Crippen LogP contribution < -0.4 is 10.1 Å². The molecule has 10 heteroatoms. The van der Waals surface area contributed by atoms with E-state index in [0.29, 0.717) is 17.9 Å². The van der Waals surface area contributed by atoms with Crippen LogP contribution >= 0.6 is 0 Å². The summed E-state index contributed by atoms with van der Waals surface area (Å²) in [6.45, 7) is 3.67. The number of carboxylic acids is 1. The minimum atomic E-state index is -4.40. The molecule has 1 heterocycles. The lowest BCUT2D eigenvalue weighted by Gasteiger charge is -2.21. The van der Waals surface area contributed by atoms with E-state index in [-0.39, 0.29) is 18.3 Å². The highest BCUT2D eigenvalue weighted by atomic mass is 19.4. The summed E-state index contributed by atoms with van der Waals surface area (Å²) < 4.78 is 48.9. The summed E-state index contributed by atoms with van der Waals surface area (Å²) in [6.07, 6.45) is -4.40. The third kappa shape index (κ3) is 5.82. The summed E-state index contributed by atoms with van der Waals surface area (Å²) >= 11 is 0. The number of aliphatic carboxylic acids is 1.